The maximum Gasteiger partial charge on any atom is 0.308 e. The van der Waals surface area contributed by atoms with E-state index in [-0.39, 0.29) is 18.2 Å². The molecule has 0 aliphatic heterocycles. The van der Waals surface area contributed by atoms with Crippen molar-refractivity contribution in [1.29, 1.82) is 0 Å². The van der Waals surface area contributed by atoms with Gasteiger partial charge in [-0.1, -0.05) is 19.1 Å². The number of carboxylic acids is 1. The van der Waals surface area contributed by atoms with Gasteiger partial charge in [0.1, 0.15) is 5.75 Å². The summed E-state index contributed by atoms with van der Waals surface area (Å²) in [5, 5.41) is 17.9. The van der Waals surface area contributed by atoms with Gasteiger partial charge in [-0.2, -0.15) is 0 Å². The number of hydrogen-bond donors (Lipinski definition) is 2. The lowest BCUT2D eigenvalue weighted by Crippen LogP contribution is -2.32. The van der Waals surface area contributed by atoms with Gasteiger partial charge in [-0.3, -0.25) is 9.59 Å². The van der Waals surface area contributed by atoms with Crippen LogP contribution in [0.5, 0.6) is 5.75 Å². The number of carbonyl (C=O) groups excluding carboxylic acids is 1. The molecule has 0 radical (unpaired) electrons. The number of carboxylic acid groups (broad SMARTS) is 1. The first-order chi connectivity index (χ1) is 8.90. The Bertz CT molecular complexity index is 479. The fourth-order valence-corrected chi connectivity index (χ4v) is 1.46. The third-order valence-electron chi connectivity index (χ3n) is 2.66. The minimum absolute atomic E-state index is 0.161. The minimum Gasteiger partial charge on any atom is -0.508 e. The molecule has 0 heterocycles. The Morgan fingerprint density at radius 2 is 1.89 bits per heavy atom. The molecule has 0 saturated carbocycles. The highest BCUT2D eigenvalue weighted by Crippen LogP contribution is 2.11. The molecular weight excluding hydrogens is 246 g/mol. The highest BCUT2D eigenvalue weighted by atomic mass is 16.4. The predicted molar refractivity (Wildman–Crippen MR) is 71.6 cm³/mol. The van der Waals surface area contributed by atoms with Crippen molar-refractivity contribution in [1.82, 2.24) is 4.90 Å². The first kappa shape index (κ1) is 14.8. The fraction of sp³-hybridized carbons (Fsp3) is 0.286. The summed E-state index contributed by atoms with van der Waals surface area (Å²) in [5.74, 6) is -1.63. The van der Waals surface area contributed by atoms with Crippen molar-refractivity contribution in [3.8, 4) is 5.75 Å². The van der Waals surface area contributed by atoms with E-state index in [9.17, 15) is 9.59 Å². The lowest BCUT2D eigenvalue weighted by molar-refractivity contribution is -0.142. The summed E-state index contributed by atoms with van der Waals surface area (Å²) in [5.41, 5.74) is 0.783. The second kappa shape index (κ2) is 6.58. The number of aromatic hydroxyl groups is 1. The molecule has 2 N–H and O–H groups in total. The summed E-state index contributed by atoms with van der Waals surface area (Å²) in [6.07, 6.45) is 2.99. The number of carbonyl (C=O) groups is 2. The van der Waals surface area contributed by atoms with Crippen molar-refractivity contribution in [3.63, 3.8) is 0 Å². The predicted octanol–water partition coefficient (Wildman–Crippen LogP) is 1.58. The average molecular weight is 263 g/mol. The number of hydrogen-bond acceptors (Lipinski definition) is 3. The van der Waals surface area contributed by atoms with Crippen molar-refractivity contribution in [2.24, 2.45) is 5.92 Å². The Morgan fingerprint density at radius 3 is 2.42 bits per heavy atom. The Kier molecular flexibility index (Phi) is 5.11. The summed E-state index contributed by atoms with van der Waals surface area (Å²) < 4.78 is 0. The molecule has 1 unspecified atom stereocenters. The first-order valence-electron chi connectivity index (χ1n) is 5.85. The van der Waals surface area contributed by atoms with E-state index in [0.29, 0.717) is 0 Å². The smallest absolute Gasteiger partial charge is 0.308 e. The lowest BCUT2D eigenvalue weighted by Gasteiger charge is -2.17. The Hall–Kier alpha value is -2.30. The molecule has 0 aliphatic rings. The third kappa shape index (κ3) is 4.83. The van der Waals surface area contributed by atoms with Crippen LogP contribution in [-0.4, -0.2) is 40.6 Å². The van der Waals surface area contributed by atoms with Crippen LogP contribution in [0.25, 0.3) is 6.08 Å². The zero-order valence-electron chi connectivity index (χ0n) is 10.9. The molecule has 102 valence electrons. The highest BCUT2D eigenvalue weighted by molar-refractivity contribution is 5.91. The van der Waals surface area contributed by atoms with Crippen LogP contribution in [0, 0.1) is 5.92 Å². The number of benzene rings is 1. The second-order valence-electron chi connectivity index (χ2n) is 4.38. The number of phenolic OH excluding ortho intramolecular Hbond substituents is 1. The Morgan fingerprint density at radius 1 is 1.32 bits per heavy atom. The summed E-state index contributed by atoms with van der Waals surface area (Å²) in [7, 11) is 1.56. The molecule has 0 aliphatic carbocycles. The van der Waals surface area contributed by atoms with E-state index in [1.807, 2.05) is 0 Å². The molecule has 1 aromatic rings. The Balaban J connectivity index is 2.58. The van der Waals surface area contributed by atoms with Crippen LogP contribution in [0.4, 0.5) is 0 Å². The molecule has 0 bridgehead atoms. The van der Waals surface area contributed by atoms with E-state index in [4.69, 9.17) is 10.2 Å². The summed E-state index contributed by atoms with van der Waals surface area (Å²) in [6, 6.07) is 6.42. The quantitative estimate of drug-likeness (QED) is 0.791. The van der Waals surface area contributed by atoms with Gasteiger partial charge in [0.15, 0.2) is 0 Å². The van der Waals surface area contributed by atoms with E-state index < -0.39 is 11.9 Å². The molecule has 0 saturated heterocycles. The van der Waals surface area contributed by atoms with Gasteiger partial charge in [-0.25, -0.2) is 0 Å². The monoisotopic (exact) mass is 263 g/mol. The van der Waals surface area contributed by atoms with Crippen LogP contribution >= 0.6 is 0 Å². The van der Waals surface area contributed by atoms with Crippen LogP contribution in [0.2, 0.25) is 0 Å². The highest BCUT2D eigenvalue weighted by Gasteiger charge is 2.15. The zero-order valence-corrected chi connectivity index (χ0v) is 10.9. The van der Waals surface area contributed by atoms with E-state index >= 15 is 0 Å². The second-order valence-corrected chi connectivity index (χ2v) is 4.38. The molecule has 1 aromatic carbocycles. The zero-order chi connectivity index (χ0) is 14.4. The first-order valence-corrected chi connectivity index (χ1v) is 5.85. The number of rotatable bonds is 5. The van der Waals surface area contributed by atoms with E-state index in [1.165, 1.54) is 23.1 Å². The van der Waals surface area contributed by atoms with E-state index in [0.717, 1.165) is 5.56 Å². The largest absolute Gasteiger partial charge is 0.508 e. The molecule has 1 amide bonds. The van der Waals surface area contributed by atoms with Gasteiger partial charge in [0, 0.05) is 19.7 Å². The van der Waals surface area contributed by atoms with Gasteiger partial charge in [0.2, 0.25) is 5.91 Å². The fourth-order valence-electron chi connectivity index (χ4n) is 1.46. The van der Waals surface area contributed by atoms with Gasteiger partial charge in [0.05, 0.1) is 5.92 Å². The maximum atomic E-state index is 11.7. The van der Waals surface area contributed by atoms with E-state index in [2.05, 4.69) is 0 Å². The molecule has 5 heteroatoms. The van der Waals surface area contributed by atoms with E-state index in [1.54, 1.807) is 32.2 Å². The molecule has 0 fully saturated rings. The van der Waals surface area contributed by atoms with Crippen molar-refractivity contribution >= 4 is 18.0 Å². The van der Waals surface area contributed by atoms with Gasteiger partial charge < -0.3 is 15.1 Å². The van der Waals surface area contributed by atoms with Crippen molar-refractivity contribution < 1.29 is 19.8 Å². The van der Waals surface area contributed by atoms with Crippen LogP contribution < -0.4 is 0 Å². The number of phenols is 1. The summed E-state index contributed by atoms with van der Waals surface area (Å²) in [6.45, 7) is 1.71. The van der Waals surface area contributed by atoms with Crippen LogP contribution in [0.1, 0.15) is 12.5 Å². The molecule has 1 rings (SSSR count). The molecular formula is C14H17NO4. The molecule has 0 spiro atoms. The topological polar surface area (TPSA) is 77.8 Å². The molecule has 19 heavy (non-hydrogen) atoms. The summed E-state index contributed by atoms with van der Waals surface area (Å²) >= 11 is 0. The molecule has 1 atom stereocenters. The number of likely N-dealkylation sites (N-methyl/N-ethyl adjacent to an activating group) is 1. The summed E-state index contributed by atoms with van der Waals surface area (Å²) in [4.78, 5) is 23.8. The molecule has 5 nitrogen and oxygen atoms in total. The number of nitrogens with zero attached hydrogens (tertiary/aromatic N) is 1. The SMILES string of the molecule is CC(CN(C)C(=O)C=Cc1ccc(O)cc1)C(=O)O. The van der Waals surface area contributed by atoms with Gasteiger partial charge in [0.25, 0.3) is 0 Å². The minimum atomic E-state index is -0.929. The normalized spacial score (nSPS) is 12.3. The van der Waals surface area contributed by atoms with Crippen LogP contribution in [0.3, 0.4) is 0 Å². The Labute approximate surface area is 111 Å². The number of amides is 1. The third-order valence-corrected chi connectivity index (χ3v) is 2.66. The van der Waals surface area contributed by atoms with Crippen molar-refractivity contribution in [2.75, 3.05) is 13.6 Å². The van der Waals surface area contributed by atoms with Crippen LogP contribution in [-0.2, 0) is 9.59 Å². The van der Waals surface area contributed by atoms with Gasteiger partial charge in [-0.15, -0.1) is 0 Å². The molecule has 0 aromatic heterocycles. The maximum absolute atomic E-state index is 11.7. The van der Waals surface area contributed by atoms with Crippen molar-refractivity contribution in [2.45, 2.75) is 6.92 Å². The number of aliphatic carboxylic acids is 1. The van der Waals surface area contributed by atoms with Crippen molar-refractivity contribution in [3.05, 3.63) is 35.9 Å². The van der Waals surface area contributed by atoms with Crippen LogP contribution in [0.15, 0.2) is 30.3 Å². The standard InChI is InChI=1S/C14H17NO4/c1-10(14(18)19)9-15(2)13(17)8-5-11-3-6-12(16)7-4-11/h3-8,10,16H,9H2,1-2H3,(H,18,19). The van der Waals surface area contributed by atoms with Gasteiger partial charge in [-0.05, 0) is 23.8 Å². The van der Waals surface area contributed by atoms with Gasteiger partial charge >= 0.3 is 5.97 Å². The lowest BCUT2D eigenvalue weighted by atomic mass is 10.1. The average Bonchev–Trinajstić information content (AvgIpc) is 2.37.